The zero-order chi connectivity index (χ0) is 21.6. The highest BCUT2D eigenvalue weighted by Crippen LogP contribution is 2.28. The molecule has 2 fully saturated rings. The maximum Gasteiger partial charge on any atom is 0.246 e. The van der Waals surface area contributed by atoms with Crippen LogP contribution in [0.4, 0.5) is 0 Å². The van der Waals surface area contributed by atoms with Crippen molar-refractivity contribution in [1.29, 1.82) is 0 Å². The summed E-state index contributed by atoms with van der Waals surface area (Å²) in [5, 5.41) is 18.0. The lowest BCUT2D eigenvalue weighted by atomic mass is 9.89. The SMILES string of the molecule is Cc1cccc(C=CC(=O)N2CCC(C(O)CN3CCC(c4cc[nH]n4)CC3)CC2)c1. The number of carbonyl (C=O) groups excluding carboxylic acids is 1. The Bertz CT molecular complexity index is 863. The molecule has 1 unspecified atom stereocenters. The quantitative estimate of drug-likeness (QED) is 0.701. The van der Waals surface area contributed by atoms with Crippen molar-refractivity contribution in [2.45, 2.75) is 44.6 Å². The largest absolute Gasteiger partial charge is 0.392 e. The molecule has 0 radical (unpaired) electrons. The Balaban J connectivity index is 1.19. The molecule has 4 rings (SSSR count). The van der Waals surface area contributed by atoms with Crippen LogP contribution in [0.2, 0.25) is 0 Å². The molecule has 2 N–H and O–H groups in total. The van der Waals surface area contributed by atoms with Gasteiger partial charge in [-0.3, -0.25) is 9.89 Å². The standard InChI is InChI=1S/C25H34N4O2/c1-19-3-2-4-20(17-19)5-6-25(31)29-15-10-22(11-16-29)24(30)18-28-13-8-21(9-14-28)23-7-12-26-27-23/h2-7,12,17,21-22,24,30H,8-11,13-16,18H2,1H3,(H,26,27). The molecule has 1 aromatic carbocycles. The number of hydrogen-bond donors (Lipinski definition) is 2. The van der Waals surface area contributed by atoms with Crippen LogP contribution in [-0.4, -0.2) is 69.8 Å². The molecule has 2 aliphatic heterocycles. The molecule has 3 heterocycles. The van der Waals surface area contributed by atoms with E-state index in [9.17, 15) is 9.90 Å². The molecule has 0 bridgehead atoms. The summed E-state index contributed by atoms with van der Waals surface area (Å²) in [5.41, 5.74) is 3.40. The minimum absolute atomic E-state index is 0.0647. The highest BCUT2D eigenvalue weighted by Gasteiger charge is 2.29. The van der Waals surface area contributed by atoms with E-state index in [1.54, 1.807) is 6.08 Å². The second-order valence-corrected chi connectivity index (χ2v) is 9.05. The van der Waals surface area contributed by atoms with Gasteiger partial charge in [-0.05, 0) is 69.3 Å². The Kier molecular flexibility index (Phi) is 7.20. The smallest absolute Gasteiger partial charge is 0.246 e. The van der Waals surface area contributed by atoms with Crippen LogP contribution < -0.4 is 0 Å². The number of aliphatic hydroxyl groups excluding tert-OH is 1. The molecule has 1 amide bonds. The van der Waals surface area contributed by atoms with Crippen molar-refractivity contribution in [2.24, 2.45) is 5.92 Å². The third-order valence-electron chi connectivity index (χ3n) is 6.83. The number of likely N-dealkylation sites (tertiary alicyclic amines) is 2. The number of aryl methyl sites for hydroxylation is 1. The molecule has 6 heteroatoms. The topological polar surface area (TPSA) is 72.5 Å². The minimum Gasteiger partial charge on any atom is -0.392 e. The lowest BCUT2D eigenvalue weighted by Gasteiger charge is -2.37. The Morgan fingerprint density at radius 1 is 1.19 bits per heavy atom. The molecule has 2 aromatic rings. The summed E-state index contributed by atoms with van der Waals surface area (Å²) in [6.45, 7) is 6.25. The Labute approximate surface area is 184 Å². The summed E-state index contributed by atoms with van der Waals surface area (Å²) in [6, 6.07) is 10.2. The van der Waals surface area contributed by atoms with Crippen molar-refractivity contribution in [3.8, 4) is 0 Å². The zero-order valence-electron chi connectivity index (χ0n) is 18.4. The molecular formula is C25H34N4O2. The minimum atomic E-state index is -0.318. The summed E-state index contributed by atoms with van der Waals surface area (Å²) >= 11 is 0. The molecule has 0 saturated carbocycles. The van der Waals surface area contributed by atoms with Gasteiger partial charge in [-0.1, -0.05) is 29.8 Å². The van der Waals surface area contributed by atoms with E-state index >= 15 is 0 Å². The van der Waals surface area contributed by atoms with Crippen molar-refractivity contribution in [2.75, 3.05) is 32.7 Å². The Hall–Kier alpha value is -2.44. The fraction of sp³-hybridized carbons (Fsp3) is 0.520. The maximum atomic E-state index is 12.5. The number of benzene rings is 1. The fourth-order valence-corrected chi connectivity index (χ4v) is 4.88. The van der Waals surface area contributed by atoms with E-state index in [0.29, 0.717) is 5.92 Å². The molecule has 2 aliphatic rings. The lowest BCUT2D eigenvalue weighted by Crippen LogP contribution is -2.45. The molecule has 2 saturated heterocycles. The molecule has 0 spiro atoms. The van der Waals surface area contributed by atoms with E-state index in [4.69, 9.17) is 0 Å². The van der Waals surface area contributed by atoms with Crippen LogP contribution in [0.15, 0.2) is 42.6 Å². The lowest BCUT2D eigenvalue weighted by molar-refractivity contribution is -0.128. The van der Waals surface area contributed by atoms with Crippen molar-refractivity contribution >= 4 is 12.0 Å². The Morgan fingerprint density at radius 2 is 1.97 bits per heavy atom. The number of nitrogens with one attached hydrogen (secondary N) is 1. The first kappa shape index (κ1) is 21.8. The van der Waals surface area contributed by atoms with Gasteiger partial charge in [-0.2, -0.15) is 5.10 Å². The van der Waals surface area contributed by atoms with Crippen LogP contribution in [0.25, 0.3) is 6.08 Å². The summed E-state index contributed by atoms with van der Waals surface area (Å²) in [5.74, 6) is 0.866. The summed E-state index contributed by atoms with van der Waals surface area (Å²) < 4.78 is 0. The second kappa shape index (κ2) is 10.2. The number of aromatic amines is 1. The van der Waals surface area contributed by atoms with E-state index < -0.39 is 0 Å². The predicted octanol–water partition coefficient (Wildman–Crippen LogP) is 3.21. The number of hydrogen-bond acceptors (Lipinski definition) is 4. The van der Waals surface area contributed by atoms with Gasteiger partial charge in [0.25, 0.3) is 0 Å². The van der Waals surface area contributed by atoms with E-state index in [2.05, 4.69) is 40.2 Å². The first-order valence-corrected chi connectivity index (χ1v) is 11.5. The van der Waals surface area contributed by atoms with E-state index in [1.165, 1.54) is 5.56 Å². The van der Waals surface area contributed by atoms with Gasteiger partial charge in [-0.15, -0.1) is 0 Å². The zero-order valence-corrected chi connectivity index (χ0v) is 18.4. The van der Waals surface area contributed by atoms with Gasteiger partial charge in [0, 0.05) is 37.8 Å². The van der Waals surface area contributed by atoms with Crippen molar-refractivity contribution < 1.29 is 9.90 Å². The molecule has 1 aromatic heterocycles. The van der Waals surface area contributed by atoms with E-state index in [1.807, 2.05) is 29.3 Å². The monoisotopic (exact) mass is 422 g/mol. The molecular weight excluding hydrogens is 388 g/mol. The van der Waals surface area contributed by atoms with Crippen LogP contribution in [0.1, 0.15) is 48.4 Å². The summed E-state index contributed by atoms with van der Waals surface area (Å²) in [4.78, 5) is 16.8. The van der Waals surface area contributed by atoms with Gasteiger partial charge in [0.2, 0.25) is 5.91 Å². The number of aliphatic hydroxyl groups is 1. The first-order chi connectivity index (χ1) is 15.1. The summed E-state index contributed by atoms with van der Waals surface area (Å²) in [7, 11) is 0. The number of rotatable bonds is 6. The van der Waals surface area contributed by atoms with Gasteiger partial charge in [0.1, 0.15) is 0 Å². The van der Waals surface area contributed by atoms with Crippen molar-refractivity contribution in [3.05, 3.63) is 59.4 Å². The second-order valence-electron chi connectivity index (χ2n) is 9.05. The normalized spacial score (nSPS) is 20.4. The fourth-order valence-electron chi connectivity index (χ4n) is 4.88. The van der Waals surface area contributed by atoms with Crippen LogP contribution in [0.3, 0.4) is 0 Å². The van der Waals surface area contributed by atoms with Crippen LogP contribution in [0, 0.1) is 12.8 Å². The number of carbonyl (C=O) groups is 1. The van der Waals surface area contributed by atoms with Crippen molar-refractivity contribution in [3.63, 3.8) is 0 Å². The van der Waals surface area contributed by atoms with E-state index in [-0.39, 0.29) is 17.9 Å². The Morgan fingerprint density at radius 3 is 2.65 bits per heavy atom. The van der Waals surface area contributed by atoms with Crippen LogP contribution >= 0.6 is 0 Å². The van der Waals surface area contributed by atoms with Crippen LogP contribution in [-0.2, 0) is 4.79 Å². The predicted molar refractivity (Wildman–Crippen MR) is 123 cm³/mol. The van der Waals surface area contributed by atoms with Gasteiger partial charge in [0.15, 0.2) is 0 Å². The molecule has 6 nitrogen and oxygen atoms in total. The van der Waals surface area contributed by atoms with Gasteiger partial charge in [0.05, 0.1) is 11.8 Å². The molecule has 166 valence electrons. The number of piperidine rings is 2. The van der Waals surface area contributed by atoms with Gasteiger partial charge in [-0.25, -0.2) is 0 Å². The highest BCUT2D eigenvalue weighted by molar-refractivity contribution is 5.91. The third-order valence-corrected chi connectivity index (χ3v) is 6.83. The number of aromatic nitrogens is 2. The van der Waals surface area contributed by atoms with Crippen molar-refractivity contribution in [1.82, 2.24) is 20.0 Å². The van der Waals surface area contributed by atoms with Gasteiger partial charge >= 0.3 is 0 Å². The first-order valence-electron chi connectivity index (χ1n) is 11.5. The number of H-pyrrole nitrogens is 1. The number of amides is 1. The highest BCUT2D eigenvalue weighted by atomic mass is 16.3. The average molecular weight is 423 g/mol. The molecule has 1 atom stereocenters. The third kappa shape index (κ3) is 5.83. The average Bonchev–Trinajstić information content (AvgIpc) is 3.33. The maximum absolute atomic E-state index is 12.5. The number of nitrogens with zero attached hydrogens (tertiary/aromatic N) is 3. The molecule has 0 aliphatic carbocycles. The summed E-state index contributed by atoms with van der Waals surface area (Å²) in [6.07, 6.45) is 9.07. The van der Waals surface area contributed by atoms with Gasteiger partial charge < -0.3 is 14.9 Å². The van der Waals surface area contributed by atoms with E-state index in [0.717, 1.165) is 69.7 Å². The van der Waals surface area contributed by atoms with Crippen LogP contribution in [0.5, 0.6) is 0 Å². The number of β-amino-alcohol motifs (C(OH)–C–C–N with tert-alkyl or cyclic N) is 1. The molecule has 31 heavy (non-hydrogen) atoms.